The van der Waals surface area contributed by atoms with Gasteiger partial charge in [-0.05, 0) is 31.7 Å². The van der Waals surface area contributed by atoms with E-state index < -0.39 is 0 Å². The van der Waals surface area contributed by atoms with Crippen LogP contribution in [0.3, 0.4) is 0 Å². The second-order valence-corrected chi connectivity index (χ2v) is 6.89. The van der Waals surface area contributed by atoms with Crippen LogP contribution in [-0.2, 0) is 19.5 Å². The number of imidazole rings is 1. The van der Waals surface area contributed by atoms with E-state index in [9.17, 15) is 0 Å². The third-order valence-corrected chi connectivity index (χ3v) is 4.40. The number of hydrogen-bond acceptors (Lipinski definition) is 3. The first-order valence-electron chi connectivity index (χ1n) is 7.80. The van der Waals surface area contributed by atoms with E-state index in [0.717, 1.165) is 37.5 Å². The topological polar surface area (TPSA) is 43.0 Å². The van der Waals surface area contributed by atoms with Crippen LogP contribution in [-0.4, -0.2) is 9.55 Å². The lowest BCUT2D eigenvalue weighted by Gasteiger charge is -2.34. The molecule has 1 atom stereocenters. The summed E-state index contributed by atoms with van der Waals surface area (Å²) in [4.78, 5) is 4.24. The maximum absolute atomic E-state index is 5.90. The Morgan fingerprint density at radius 2 is 2.29 bits per heavy atom. The van der Waals surface area contributed by atoms with E-state index in [1.54, 1.807) is 0 Å². The van der Waals surface area contributed by atoms with Gasteiger partial charge < -0.3 is 14.3 Å². The van der Waals surface area contributed by atoms with Gasteiger partial charge in [-0.15, -0.1) is 0 Å². The smallest absolute Gasteiger partial charge is 0.109 e. The summed E-state index contributed by atoms with van der Waals surface area (Å²) in [5.74, 6) is 2.17. The van der Waals surface area contributed by atoms with Crippen LogP contribution >= 0.6 is 0 Å². The van der Waals surface area contributed by atoms with E-state index in [-0.39, 0.29) is 5.41 Å². The maximum atomic E-state index is 5.90. The van der Waals surface area contributed by atoms with Gasteiger partial charge >= 0.3 is 0 Å². The summed E-state index contributed by atoms with van der Waals surface area (Å²) in [5.41, 5.74) is 2.86. The predicted molar refractivity (Wildman–Crippen MR) is 83.0 cm³/mol. The molecule has 3 rings (SSSR count). The Morgan fingerprint density at radius 1 is 1.48 bits per heavy atom. The molecule has 0 amide bonds. The molecule has 0 spiro atoms. The third-order valence-electron chi connectivity index (χ3n) is 4.40. The molecule has 4 nitrogen and oxygen atoms in total. The van der Waals surface area contributed by atoms with Crippen LogP contribution in [0.1, 0.15) is 56.0 Å². The molecule has 0 fully saturated rings. The number of nitrogens with zero attached hydrogens (tertiary/aromatic N) is 2. The molecular formula is C17H25N3O. The molecule has 1 aliphatic carbocycles. The molecule has 0 radical (unpaired) electrons. The number of hydrogen-bond donors (Lipinski definition) is 1. The molecule has 21 heavy (non-hydrogen) atoms. The van der Waals surface area contributed by atoms with Gasteiger partial charge in [-0.2, -0.15) is 0 Å². The van der Waals surface area contributed by atoms with Crippen LogP contribution in [0.5, 0.6) is 0 Å². The first kappa shape index (κ1) is 14.4. The van der Waals surface area contributed by atoms with E-state index >= 15 is 0 Å². The summed E-state index contributed by atoms with van der Waals surface area (Å²) in [7, 11) is 0. The minimum atomic E-state index is 0.278. The van der Waals surface area contributed by atoms with Gasteiger partial charge in [0, 0.05) is 37.3 Å². The molecule has 1 unspecified atom stereocenters. The van der Waals surface area contributed by atoms with Crippen LogP contribution in [0, 0.1) is 12.3 Å². The Morgan fingerprint density at radius 3 is 3.05 bits per heavy atom. The minimum Gasteiger partial charge on any atom is -0.466 e. The Balaban J connectivity index is 1.78. The fourth-order valence-corrected chi connectivity index (χ4v) is 3.37. The molecule has 2 heterocycles. The molecule has 2 aromatic heterocycles. The highest BCUT2D eigenvalue weighted by atomic mass is 16.3. The molecule has 0 bridgehead atoms. The largest absolute Gasteiger partial charge is 0.466 e. The normalized spacial score (nSPS) is 20.5. The van der Waals surface area contributed by atoms with Crippen LogP contribution in [0.2, 0.25) is 0 Å². The van der Waals surface area contributed by atoms with E-state index in [2.05, 4.69) is 41.7 Å². The lowest BCUT2D eigenvalue weighted by molar-refractivity contribution is 0.233. The molecule has 0 saturated heterocycles. The Hall–Kier alpha value is -1.55. The van der Waals surface area contributed by atoms with Crippen molar-refractivity contribution in [1.29, 1.82) is 0 Å². The van der Waals surface area contributed by atoms with E-state index in [1.807, 2.05) is 19.4 Å². The summed E-state index contributed by atoms with van der Waals surface area (Å²) in [6.45, 7) is 10.6. The van der Waals surface area contributed by atoms with Crippen LogP contribution in [0.25, 0.3) is 0 Å². The molecule has 0 aliphatic heterocycles. The summed E-state index contributed by atoms with van der Waals surface area (Å²) in [6.07, 6.45) is 6.02. The van der Waals surface area contributed by atoms with Gasteiger partial charge in [-0.25, -0.2) is 4.98 Å². The highest BCUT2D eigenvalue weighted by molar-refractivity contribution is 5.29. The molecule has 114 valence electrons. The van der Waals surface area contributed by atoms with Gasteiger partial charge in [-0.3, -0.25) is 0 Å². The van der Waals surface area contributed by atoms with Gasteiger partial charge in [0.15, 0.2) is 0 Å². The predicted octanol–water partition coefficient (Wildman–Crippen LogP) is 3.61. The molecule has 4 heteroatoms. The Kier molecular flexibility index (Phi) is 3.66. The summed E-state index contributed by atoms with van der Waals surface area (Å²) >= 11 is 0. The van der Waals surface area contributed by atoms with Crippen molar-refractivity contribution in [2.24, 2.45) is 5.41 Å². The molecular weight excluding hydrogens is 262 g/mol. The number of aryl methyl sites for hydroxylation is 2. The van der Waals surface area contributed by atoms with Crippen molar-refractivity contribution in [3.63, 3.8) is 0 Å². The summed E-state index contributed by atoms with van der Waals surface area (Å²) < 4.78 is 8.08. The molecule has 1 aliphatic rings. The van der Waals surface area contributed by atoms with Gasteiger partial charge in [-0.1, -0.05) is 13.8 Å². The number of nitrogens with one attached hydrogen (secondary N) is 1. The van der Waals surface area contributed by atoms with Gasteiger partial charge in [0.2, 0.25) is 0 Å². The second kappa shape index (κ2) is 5.34. The highest BCUT2D eigenvalue weighted by Gasteiger charge is 2.34. The van der Waals surface area contributed by atoms with Crippen LogP contribution in [0.4, 0.5) is 0 Å². The van der Waals surface area contributed by atoms with Gasteiger partial charge in [0.05, 0.1) is 12.0 Å². The monoisotopic (exact) mass is 287 g/mol. The summed E-state index contributed by atoms with van der Waals surface area (Å²) in [5, 5.41) is 3.70. The van der Waals surface area contributed by atoms with Crippen molar-refractivity contribution in [1.82, 2.24) is 14.9 Å². The van der Waals surface area contributed by atoms with Crippen LogP contribution in [0.15, 0.2) is 23.0 Å². The lowest BCUT2D eigenvalue weighted by atomic mass is 9.74. The quantitative estimate of drug-likeness (QED) is 0.934. The van der Waals surface area contributed by atoms with E-state index in [4.69, 9.17) is 4.42 Å². The van der Waals surface area contributed by atoms with Crippen molar-refractivity contribution < 1.29 is 4.42 Å². The first-order valence-corrected chi connectivity index (χ1v) is 7.80. The van der Waals surface area contributed by atoms with Crippen molar-refractivity contribution in [3.05, 3.63) is 41.4 Å². The SMILES string of the molecule is CCn1cncc1CNC1CC(C)(C)Cc2oc(C)cc21. The molecule has 2 aromatic rings. The number of furan rings is 1. The first-order chi connectivity index (χ1) is 9.98. The lowest BCUT2D eigenvalue weighted by Crippen LogP contribution is -2.32. The van der Waals surface area contributed by atoms with Crippen molar-refractivity contribution in [2.45, 2.75) is 59.7 Å². The second-order valence-electron chi connectivity index (χ2n) is 6.89. The molecule has 1 N–H and O–H groups in total. The fourth-order valence-electron chi connectivity index (χ4n) is 3.37. The fraction of sp³-hybridized carbons (Fsp3) is 0.588. The zero-order valence-electron chi connectivity index (χ0n) is 13.4. The molecule has 0 saturated carbocycles. The van der Waals surface area contributed by atoms with E-state index in [1.165, 1.54) is 11.3 Å². The van der Waals surface area contributed by atoms with Gasteiger partial charge in [0.1, 0.15) is 11.5 Å². The van der Waals surface area contributed by atoms with Crippen LogP contribution < -0.4 is 5.32 Å². The van der Waals surface area contributed by atoms with Crippen molar-refractivity contribution in [2.75, 3.05) is 0 Å². The van der Waals surface area contributed by atoms with Crippen molar-refractivity contribution >= 4 is 0 Å². The van der Waals surface area contributed by atoms with Gasteiger partial charge in [0.25, 0.3) is 0 Å². The number of fused-ring (bicyclic) bond motifs is 1. The molecule has 0 aromatic carbocycles. The maximum Gasteiger partial charge on any atom is 0.109 e. The van der Waals surface area contributed by atoms with Crippen molar-refractivity contribution in [3.8, 4) is 0 Å². The minimum absolute atomic E-state index is 0.278. The summed E-state index contributed by atoms with van der Waals surface area (Å²) in [6, 6.07) is 2.56. The Bertz CT molecular complexity index is 624. The number of rotatable bonds is 4. The Labute approximate surface area is 126 Å². The third kappa shape index (κ3) is 2.91. The standard InChI is InChI=1S/C17H25N3O/c1-5-20-11-18-9-13(20)10-19-15-7-17(3,4)8-16-14(15)6-12(2)21-16/h6,9,11,15,19H,5,7-8,10H2,1-4H3. The average molecular weight is 287 g/mol. The zero-order valence-corrected chi connectivity index (χ0v) is 13.4. The van der Waals surface area contributed by atoms with E-state index in [0.29, 0.717) is 6.04 Å². The zero-order chi connectivity index (χ0) is 15.0. The highest BCUT2D eigenvalue weighted by Crippen LogP contribution is 2.42. The number of aromatic nitrogens is 2. The average Bonchev–Trinajstić information content (AvgIpc) is 2.99.